The summed E-state index contributed by atoms with van der Waals surface area (Å²) in [5, 5.41) is 18.4. The Morgan fingerprint density at radius 2 is 2.21 bits per heavy atom. The number of carbonyl (C=O) groups excluding carboxylic acids is 1. The fourth-order valence-electron chi connectivity index (χ4n) is 1.45. The third kappa shape index (κ3) is 2.87. The Bertz CT molecular complexity index is 610. The largest absolute Gasteiger partial charge is 0.507 e. The predicted octanol–water partition coefficient (Wildman–Crippen LogP) is 2.03. The van der Waals surface area contributed by atoms with E-state index in [0.29, 0.717) is 5.82 Å². The number of hydrogen-bond donors (Lipinski definition) is 3. The number of nitrogens with zero attached hydrogens (tertiary/aromatic N) is 2. The first-order valence-electron chi connectivity index (χ1n) is 5.69. The van der Waals surface area contributed by atoms with Crippen molar-refractivity contribution in [2.45, 2.75) is 19.8 Å². The van der Waals surface area contributed by atoms with Crippen molar-refractivity contribution >= 4 is 11.9 Å². The molecule has 2 rings (SSSR count). The molecular weight excluding hydrogens is 251 g/mol. The molecule has 0 spiro atoms. The number of carbonyl (C=O) groups is 1. The number of phenolic OH excluding ortho intramolecular Hbond substituents is 1. The molecular formula is C12H13FN4O2. The van der Waals surface area contributed by atoms with Gasteiger partial charge in [0.25, 0.3) is 5.91 Å². The number of anilines is 1. The zero-order valence-corrected chi connectivity index (χ0v) is 10.4. The van der Waals surface area contributed by atoms with Crippen molar-refractivity contribution in [1.82, 2.24) is 15.2 Å². The summed E-state index contributed by atoms with van der Waals surface area (Å²) in [6.45, 7) is 3.84. The van der Waals surface area contributed by atoms with Gasteiger partial charge < -0.3 is 5.11 Å². The SMILES string of the molecule is CC(C)c1nc(NC(=O)c2cc(F)ccc2O)n[nH]1. The molecule has 1 aromatic heterocycles. The number of aromatic amines is 1. The van der Waals surface area contributed by atoms with E-state index in [4.69, 9.17) is 0 Å². The van der Waals surface area contributed by atoms with E-state index in [0.717, 1.165) is 18.2 Å². The molecule has 0 saturated carbocycles. The summed E-state index contributed by atoms with van der Waals surface area (Å²) in [4.78, 5) is 15.9. The number of rotatable bonds is 3. The van der Waals surface area contributed by atoms with Gasteiger partial charge in [-0.1, -0.05) is 13.8 Å². The molecule has 0 fully saturated rings. The monoisotopic (exact) mass is 264 g/mol. The Kier molecular flexibility index (Phi) is 3.46. The second kappa shape index (κ2) is 5.05. The lowest BCUT2D eigenvalue weighted by Gasteiger charge is -2.03. The molecule has 0 bridgehead atoms. The molecule has 0 saturated heterocycles. The Morgan fingerprint density at radius 3 is 2.84 bits per heavy atom. The molecule has 0 unspecified atom stereocenters. The highest BCUT2D eigenvalue weighted by Gasteiger charge is 2.15. The minimum absolute atomic E-state index is 0.0809. The summed E-state index contributed by atoms with van der Waals surface area (Å²) in [6, 6.07) is 3.12. The fourth-order valence-corrected chi connectivity index (χ4v) is 1.45. The van der Waals surface area contributed by atoms with Crippen LogP contribution in [-0.4, -0.2) is 26.2 Å². The van der Waals surface area contributed by atoms with Gasteiger partial charge in [0.05, 0.1) is 5.56 Å². The summed E-state index contributed by atoms with van der Waals surface area (Å²) in [6.07, 6.45) is 0. The van der Waals surface area contributed by atoms with Crippen molar-refractivity contribution < 1.29 is 14.3 Å². The molecule has 0 radical (unpaired) electrons. The van der Waals surface area contributed by atoms with Gasteiger partial charge in [-0.25, -0.2) is 4.39 Å². The van der Waals surface area contributed by atoms with Gasteiger partial charge >= 0.3 is 0 Å². The van der Waals surface area contributed by atoms with Crippen LogP contribution in [0.25, 0.3) is 0 Å². The van der Waals surface area contributed by atoms with E-state index in [1.165, 1.54) is 0 Å². The molecule has 100 valence electrons. The van der Waals surface area contributed by atoms with Crippen molar-refractivity contribution in [1.29, 1.82) is 0 Å². The molecule has 3 N–H and O–H groups in total. The van der Waals surface area contributed by atoms with E-state index < -0.39 is 11.7 Å². The fraction of sp³-hybridized carbons (Fsp3) is 0.250. The van der Waals surface area contributed by atoms with Crippen molar-refractivity contribution in [2.75, 3.05) is 5.32 Å². The number of hydrogen-bond acceptors (Lipinski definition) is 4. The van der Waals surface area contributed by atoms with Crippen LogP contribution in [0.4, 0.5) is 10.3 Å². The van der Waals surface area contributed by atoms with Crippen molar-refractivity contribution in [3.8, 4) is 5.75 Å². The van der Waals surface area contributed by atoms with Gasteiger partial charge in [-0.15, -0.1) is 5.10 Å². The topological polar surface area (TPSA) is 90.9 Å². The second-order valence-electron chi connectivity index (χ2n) is 4.31. The van der Waals surface area contributed by atoms with Gasteiger partial charge in [-0.05, 0) is 18.2 Å². The number of aromatic nitrogens is 3. The average Bonchev–Trinajstić information content (AvgIpc) is 2.80. The van der Waals surface area contributed by atoms with Gasteiger partial charge in [-0.2, -0.15) is 4.98 Å². The molecule has 1 aromatic carbocycles. The summed E-state index contributed by atoms with van der Waals surface area (Å²) >= 11 is 0. The number of phenols is 1. The number of amides is 1. The first-order valence-corrected chi connectivity index (χ1v) is 5.69. The van der Waals surface area contributed by atoms with Crippen LogP contribution in [0.5, 0.6) is 5.75 Å². The number of H-pyrrole nitrogens is 1. The zero-order valence-electron chi connectivity index (χ0n) is 10.4. The average molecular weight is 264 g/mol. The first kappa shape index (κ1) is 13.0. The molecule has 0 aliphatic carbocycles. The Hall–Kier alpha value is -2.44. The quantitative estimate of drug-likeness (QED) is 0.791. The summed E-state index contributed by atoms with van der Waals surface area (Å²) in [5.74, 6) is -0.748. The van der Waals surface area contributed by atoms with Crippen LogP contribution in [0.1, 0.15) is 35.9 Å². The summed E-state index contributed by atoms with van der Waals surface area (Å²) < 4.78 is 13.0. The molecule has 0 aliphatic heterocycles. The van der Waals surface area contributed by atoms with Crippen molar-refractivity contribution in [2.24, 2.45) is 0 Å². The maximum Gasteiger partial charge on any atom is 0.261 e. The van der Waals surface area contributed by atoms with Gasteiger partial charge in [-0.3, -0.25) is 15.2 Å². The number of halogens is 1. The molecule has 6 nitrogen and oxygen atoms in total. The van der Waals surface area contributed by atoms with Crippen molar-refractivity contribution in [3.05, 3.63) is 35.4 Å². The Labute approximate surface area is 108 Å². The predicted molar refractivity (Wildman–Crippen MR) is 66.5 cm³/mol. The Morgan fingerprint density at radius 1 is 1.47 bits per heavy atom. The molecule has 0 aliphatic rings. The first-order chi connectivity index (χ1) is 8.97. The molecule has 0 atom stereocenters. The lowest BCUT2D eigenvalue weighted by atomic mass is 10.2. The van der Waals surface area contributed by atoms with Crippen LogP contribution in [0.3, 0.4) is 0 Å². The van der Waals surface area contributed by atoms with Crippen molar-refractivity contribution in [3.63, 3.8) is 0 Å². The standard InChI is InChI=1S/C12H13FN4O2/c1-6(2)10-14-12(17-16-10)15-11(19)8-5-7(13)3-4-9(8)18/h3-6,18H,1-2H3,(H2,14,15,16,17,19). The van der Waals surface area contributed by atoms with Gasteiger partial charge in [0.15, 0.2) is 0 Å². The number of aromatic hydroxyl groups is 1. The molecule has 7 heteroatoms. The van der Waals surface area contributed by atoms with Crippen LogP contribution in [0.15, 0.2) is 18.2 Å². The van der Waals surface area contributed by atoms with E-state index >= 15 is 0 Å². The van der Waals surface area contributed by atoms with Crippen LogP contribution in [-0.2, 0) is 0 Å². The minimum atomic E-state index is -0.675. The second-order valence-corrected chi connectivity index (χ2v) is 4.31. The van der Waals surface area contributed by atoms with Gasteiger partial charge in [0.1, 0.15) is 17.4 Å². The Balaban J connectivity index is 2.18. The third-order valence-electron chi connectivity index (χ3n) is 2.48. The maximum absolute atomic E-state index is 13.0. The molecule has 19 heavy (non-hydrogen) atoms. The molecule has 1 heterocycles. The zero-order chi connectivity index (χ0) is 14.0. The van der Waals surface area contributed by atoms with Crippen LogP contribution < -0.4 is 5.32 Å². The van der Waals surface area contributed by atoms with E-state index in [1.807, 2.05) is 13.8 Å². The lowest BCUT2D eigenvalue weighted by molar-refractivity contribution is 0.102. The highest BCUT2D eigenvalue weighted by atomic mass is 19.1. The van der Waals surface area contributed by atoms with Gasteiger partial charge in [0, 0.05) is 5.92 Å². The van der Waals surface area contributed by atoms with Crippen LogP contribution in [0, 0.1) is 5.82 Å². The molecule has 2 aromatic rings. The summed E-state index contributed by atoms with van der Waals surface area (Å²) in [7, 11) is 0. The lowest BCUT2D eigenvalue weighted by Crippen LogP contribution is -2.13. The van der Waals surface area contributed by atoms with Gasteiger partial charge in [0.2, 0.25) is 5.95 Å². The number of nitrogens with one attached hydrogen (secondary N) is 2. The van der Waals surface area contributed by atoms with E-state index in [2.05, 4.69) is 20.5 Å². The molecule has 1 amide bonds. The van der Waals surface area contributed by atoms with E-state index in [-0.39, 0.29) is 23.2 Å². The maximum atomic E-state index is 13.0. The van der Waals surface area contributed by atoms with E-state index in [9.17, 15) is 14.3 Å². The third-order valence-corrected chi connectivity index (χ3v) is 2.48. The highest BCUT2D eigenvalue weighted by molar-refractivity contribution is 6.05. The van der Waals surface area contributed by atoms with E-state index in [1.54, 1.807) is 0 Å². The van der Waals surface area contributed by atoms with Crippen LogP contribution in [0.2, 0.25) is 0 Å². The summed E-state index contributed by atoms with van der Waals surface area (Å²) in [5.41, 5.74) is -0.170. The minimum Gasteiger partial charge on any atom is -0.507 e. The number of benzene rings is 1. The highest BCUT2D eigenvalue weighted by Crippen LogP contribution is 2.19. The normalized spacial score (nSPS) is 10.7. The van der Waals surface area contributed by atoms with Crippen LogP contribution >= 0.6 is 0 Å². The smallest absolute Gasteiger partial charge is 0.261 e.